The molecule has 3 aromatic carbocycles. The lowest BCUT2D eigenvalue weighted by molar-refractivity contribution is -0.139. The monoisotopic (exact) mass is 521 g/mol. The average Bonchev–Trinajstić information content (AvgIpc) is 2.89. The standard InChI is InChI=1S/C29H35N3O4S/c1-5-18-30-29(34)24(4)31(20-25-16-14-22(2)15-17-25)28(33)21-32(26-11-9-10-23(3)19-26)37(35,36)27-12-7-6-8-13-27/h6-17,19,24H,5,18,20-21H2,1-4H3,(H,30,34)/t24-/m1/s1. The van der Waals surface area contributed by atoms with E-state index < -0.39 is 28.5 Å². The van der Waals surface area contributed by atoms with Crippen molar-refractivity contribution in [2.24, 2.45) is 0 Å². The molecule has 0 heterocycles. The van der Waals surface area contributed by atoms with Crippen molar-refractivity contribution < 1.29 is 18.0 Å². The highest BCUT2D eigenvalue weighted by molar-refractivity contribution is 7.92. The molecule has 0 unspecified atom stereocenters. The first-order chi connectivity index (χ1) is 17.6. The third-order valence-electron chi connectivity index (χ3n) is 6.09. The molecule has 196 valence electrons. The van der Waals surface area contributed by atoms with E-state index in [1.807, 2.05) is 51.1 Å². The van der Waals surface area contributed by atoms with Crippen molar-refractivity contribution >= 4 is 27.5 Å². The van der Waals surface area contributed by atoms with Crippen molar-refractivity contribution in [2.45, 2.75) is 51.6 Å². The molecule has 0 bridgehead atoms. The SMILES string of the molecule is CCCNC(=O)[C@@H](C)N(Cc1ccc(C)cc1)C(=O)CN(c1cccc(C)c1)S(=O)(=O)c1ccccc1. The number of amides is 2. The highest BCUT2D eigenvalue weighted by atomic mass is 32.2. The molecule has 1 N–H and O–H groups in total. The number of carbonyl (C=O) groups excluding carboxylic acids is 2. The molecule has 0 saturated carbocycles. The number of anilines is 1. The molecule has 0 saturated heterocycles. The first kappa shape index (κ1) is 27.9. The summed E-state index contributed by atoms with van der Waals surface area (Å²) >= 11 is 0. The minimum atomic E-state index is -4.05. The second-order valence-electron chi connectivity index (χ2n) is 9.14. The quantitative estimate of drug-likeness (QED) is 0.404. The van der Waals surface area contributed by atoms with E-state index in [9.17, 15) is 18.0 Å². The van der Waals surface area contributed by atoms with Gasteiger partial charge in [0.05, 0.1) is 10.6 Å². The molecule has 0 aliphatic carbocycles. The third-order valence-corrected chi connectivity index (χ3v) is 7.88. The maximum atomic E-state index is 13.8. The Morgan fingerprint density at radius 1 is 0.892 bits per heavy atom. The summed E-state index contributed by atoms with van der Waals surface area (Å²) < 4.78 is 28.6. The number of aryl methyl sites for hydroxylation is 2. The van der Waals surface area contributed by atoms with Gasteiger partial charge in [-0.3, -0.25) is 13.9 Å². The van der Waals surface area contributed by atoms with E-state index in [1.165, 1.54) is 17.0 Å². The van der Waals surface area contributed by atoms with Crippen molar-refractivity contribution in [3.8, 4) is 0 Å². The Morgan fingerprint density at radius 3 is 2.19 bits per heavy atom. The van der Waals surface area contributed by atoms with Gasteiger partial charge in [0.25, 0.3) is 10.0 Å². The van der Waals surface area contributed by atoms with E-state index in [-0.39, 0.29) is 17.3 Å². The first-order valence-corrected chi connectivity index (χ1v) is 13.8. The fourth-order valence-electron chi connectivity index (χ4n) is 3.90. The van der Waals surface area contributed by atoms with Gasteiger partial charge in [-0.25, -0.2) is 8.42 Å². The maximum absolute atomic E-state index is 13.8. The number of nitrogens with one attached hydrogen (secondary N) is 1. The summed E-state index contributed by atoms with van der Waals surface area (Å²) in [5.74, 6) is -0.754. The predicted molar refractivity (Wildman–Crippen MR) is 147 cm³/mol. The summed E-state index contributed by atoms with van der Waals surface area (Å²) in [6.07, 6.45) is 0.765. The molecule has 0 aliphatic rings. The number of hydrogen-bond donors (Lipinski definition) is 1. The average molecular weight is 522 g/mol. The number of sulfonamides is 1. The maximum Gasteiger partial charge on any atom is 0.264 e. The Kier molecular flexibility index (Phi) is 9.47. The lowest BCUT2D eigenvalue weighted by Gasteiger charge is -2.32. The van der Waals surface area contributed by atoms with Crippen LogP contribution in [0.3, 0.4) is 0 Å². The van der Waals surface area contributed by atoms with Crippen molar-refractivity contribution in [1.29, 1.82) is 0 Å². The highest BCUT2D eigenvalue weighted by Crippen LogP contribution is 2.25. The molecule has 0 radical (unpaired) electrons. The van der Waals surface area contributed by atoms with Gasteiger partial charge in [0.1, 0.15) is 12.6 Å². The summed E-state index contributed by atoms with van der Waals surface area (Å²) in [5, 5.41) is 2.85. The van der Waals surface area contributed by atoms with Gasteiger partial charge >= 0.3 is 0 Å². The van der Waals surface area contributed by atoms with Crippen molar-refractivity contribution in [1.82, 2.24) is 10.2 Å². The summed E-state index contributed by atoms with van der Waals surface area (Å²) in [4.78, 5) is 28.2. The zero-order valence-electron chi connectivity index (χ0n) is 21.8. The molecule has 0 aliphatic heterocycles. The Bertz CT molecular complexity index is 1310. The van der Waals surface area contributed by atoms with Crippen LogP contribution in [0.1, 0.15) is 37.0 Å². The molecule has 0 aromatic heterocycles. The third kappa shape index (κ3) is 7.20. The number of hydrogen-bond acceptors (Lipinski definition) is 4. The molecular weight excluding hydrogens is 486 g/mol. The van der Waals surface area contributed by atoms with E-state index in [1.54, 1.807) is 43.3 Å². The largest absolute Gasteiger partial charge is 0.354 e. The van der Waals surface area contributed by atoms with Gasteiger partial charge in [-0.05, 0) is 62.6 Å². The molecule has 37 heavy (non-hydrogen) atoms. The van der Waals surface area contributed by atoms with Crippen molar-refractivity contribution in [3.63, 3.8) is 0 Å². The number of rotatable bonds is 11. The lowest BCUT2D eigenvalue weighted by Crippen LogP contribution is -2.51. The fraction of sp³-hybridized carbons (Fsp3) is 0.310. The van der Waals surface area contributed by atoms with E-state index in [4.69, 9.17) is 0 Å². The molecular formula is C29H35N3O4S. The zero-order valence-corrected chi connectivity index (χ0v) is 22.7. The van der Waals surface area contributed by atoms with Gasteiger partial charge in [-0.1, -0.05) is 67.1 Å². The van der Waals surface area contributed by atoms with Crippen LogP contribution in [0.2, 0.25) is 0 Å². The Hall–Kier alpha value is -3.65. The first-order valence-electron chi connectivity index (χ1n) is 12.4. The fourth-order valence-corrected chi connectivity index (χ4v) is 5.33. The summed E-state index contributed by atoms with van der Waals surface area (Å²) in [6, 6.07) is 22.0. The number of nitrogens with zero attached hydrogens (tertiary/aromatic N) is 2. The van der Waals surface area contributed by atoms with E-state index in [0.29, 0.717) is 12.2 Å². The van der Waals surface area contributed by atoms with Crippen molar-refractivity contribution in [3.05, 3.63) is 95.6 Å². The zero-order chi connectivity index (χ0) is 27.0. The highest BCUT2D eigenvalue weighted by Gasteiger charge is 2.32. The predicted octanol–water partition coefficient (Wildman–Crippen LogP) is 4.44. The van der Waals surface area contributed by atoms with Crippen LogP contribution >= 0.6 is 0 Å². The Labute approximate surface area is 220 Å². The van der Waals surface area contributed by atoms with Crippen LogP contribution in [0.4, 0.5) is 5.69 Å². The molecule has 3 rings (SSSR count). The van der Waals surface area contributed by atoms with Gasteiger partial charge in [-0.15, -0.1) is 0 Å². The normalized spacial score (nSPS) is 12.0. The van der Waals surface area contributed by atoms with Gasteiger partial charge in [-0.2, -0.15) is 0 Å². The summed E-state index contributed by atoms with van der Waals surface area (Å²) in [6.45, 7) is 7.68. The minimum Gasteiger partial charge on any atom is -0.354 e. The van der Waals surface area contributed by atoms with Crippen LogP contribution in [0.15, 0.2) is 83.8 Å². The van der Waals surface area contributed by atoms with Gasteiger partial charge in [0, 0.05) is 13.1 Å². The van der Waals surface area contributed by atoms with Crippen LogP contribution in [-0.2, 0) is 26.2 Å². The lowest BCUT2D eigenvalue weighted by atomic mass is 10.1. The molecule has 3 aromatic rings. The number of benzene rings is 3. The number of carbonyl (C=O) groups is 2. The van der Waals surface area contributed by atoms with Crippen LogP contribution in [0, 0.1) is 13.8 Å². The second kappa shape index (κ2) is 12.5. The molecule has 2 amide bonds. The van der Waals surface area contributed by atoms with Gasteiger partial charge < -0.3 is 10.2 Å². The van der Waals surface area contributed by atoms with Crippen LogP contribution in [0.5, 0.6) is 0 Å². The van der Waals surface area contributed by atoms with E-state index in [0.717, 1.165) is 27.4 Å². The summed E-state index contributed by atoms with van der Waals surface area (Å²) in [7, 11) is -4.05. The topological polar surface area (TPSA) is 86.8 Å². The van der Waals surface area contributed by atoms with E-state index >= 15 is 0 Å². The smallest absolute Gasteiger partial charge is 0.264 e. The van der Waals surface area contributed by atoms with Gasteiger partial charge in [0.2, 0.25) is 11.8 Å². The molecule has 1 atom stereocenters. The molecule has 8 heteroatoms. The van der Waals surface area contributed by atoms with Crippen LogP contribution in [-0.4, -0.2) is 44.3 Å². The van der Waals surface area contributed by atoms with Crippen LogP contribution in [0.25, 0.3) is 0 Å². The summed E-state index contributed by atoms with van der Waals surface area (Å²) in [5.41, 5.74) is 3.18. The van der Waals surface area contributed by atoms with Crippen molar-refractivity contribution in [2.75, 3.05) is 17.4 Å². The Balaban J connectivity index is 2.00. The van der Waals surface area contributed by atoms with E-state index in [2.05, 4.69) is 5.32 Å². The Morgan fingerprint density at radius 2 is 1.57 bits per heavy atom. The molecule has 0 spiro atoms. The molecule has 0 fully saturated rings. The van der Waals surface area contributed by atoms with Gasteiger partial charge in [0.15, 0.2) is 0 Å². The van der Waals surface area contributed by atoms with Crippen LogP contribution < -0.4 is 9.62 Å². The molecule has 7 nitrogen and oxygen atoms in total. The minimum absolute atomic E-state index is 0.0862. The second-order valence-corrected chi connectivity index (χ2v) is 11.0.